The summed E-state index contributed by atoms with van der Waals surface area (Å²) in [7, 11) is 0. The molecule has 9 aromatic carbocycles. The number of nitrogens with zero attached hydrogens (tertiary/aromatic N) is 2. The van der Waals surface area contributed by atoms with Crippen LogP contribution in [-0.4, -0.2) is 4.57 Å². The molecule has 0 N–H and O–H groups in total. The average Bonchev–Trinajstić information content (AvgIpc) is 3.53. The first kappa shape index (κ1) is 28.4. The summed E-state index contributed by atoms with van der Waals surface area (Å²) in [6, 6.07) is 70.4. The lowest BCUT2D eigenvalue weighted by Crippen LogP contribution is -2.11. The predicted octanol–water partition coefficient (Wildman–Crippen LogP) is 13.4. The standard InChI is InChI=1S/C48H32N2/c1-2-15-38(16-3-1)49(39-27-24-34(25-28-39)37-23-22-33-12-4-5-14-36(33)32-37)45-30-31-46(42-19-9-8-18-41(42)45)50-44-21-11-10-20-43(44)48-40-17-7-6-13-35(40)26-29-47(48)50/h1-32H. The maximum atomic E-state index is 2.45. The highest BCUT2D eigenvalue weighted by molar-refractivity contribution is 6.22. The highest BCUT2D eigenvalue weighted by Crippen LogP contribution is 2.43. The van der Waals surface area contributed by atoms with Gasteiger partial charge in [-0.3, -0.25) is 0 Å². The molecule has 10 rings (SSSR count). The Hall–Kier alpha value is -6.64. The van der Waals surface area contributed by atoms with Crippen LogP contribution in [0, 0.1) is 0 Å². The van der Waals surface area contributed by atoms with E-state index < -0.39 is 0 Å². The first-order valence-corrected chi connectivity index (χ1v) is 17.2. The normalized spacial score (nSPS) is 11.6. The number of anilines is 3. The van der Waals surface area contributed by atoms with Crippen LogP contribution in [0.5, 0.6) is 0 Å². The van der Waals surface area contributed by atoms with Crippen molar-refractivity contribution in [3.8, 4) is 16.8 Å². The second kappa shape index (κ2) is 11.5. The Bertz CT molecular complexity index is 2860. The minimum Gasteiger partial charge on any atom is -0.310 e. The second-order valence-electron chi connectivity index (χ2n) is 13.0. The molecule has 10 aromatic rings. The van der Waals surface area contributed by atoms with E-state index in [2.05, 4.69) is 204 Å². The molecule has 0 spiro atoms. The molecule has 0 unspecified atom stereocenters. The Morgan fingerprint density at radius 3 is 1.76 bits per heavy atom. The molecule has 0 aliphatic heterocycles. The smallest absolute Gasteiger partial charge is 0.0547 e. The van der Waals surface area contributed by atoms with Crippen molar-refractivity contribution in [3.63, 3.8) is 0 Å². The zero-order valence-corrected chi connectivity index (χ0v) is 27.4. The molecule has 50 heavy (non-hydrogen) atoms. The fourth-order valence-corrected chi connectivity index (χ4v) is 7.83. The average molecular weight is 637 g/mol. The minimum absolute atomic E-state index is 1.11. The predicted molar refractivity (Wildman–Crippen MR) is 213 cm³/mol. The van der Waals surface area contributed by atoms with Crippen molar-refractivity contribution < 1.29 is 0 Å². The highest BCUT2D eigenvalue weighted by atomic mass is 15.1. The fourth-order valence-electron chi connectivity index (χ4n) is 7.83. The van der Waals surface area contributed by atoms with E-state index in [1.165, 1.54) is 70.9 Å². The summed E-state index contributed by atoms with van der Waals surface area (Å²) < 4.78 is 2.45. The van der Waals surface area contributed by atoms with E-state index in [-0.39, 0.29) is 0 Å². The lowest BCUT2D eigenvalue weighted by atomic mass is 10.0. The quantitative estimate of drug-likeness (QED) is 0.182. The number of aromatic nitrogens is 1. The van der Waals surface area contributed by atoms with Crippen molar-refractivity contribution in [1.29, 1.82) is 0 Å². The van der Waals surface area contributed by atoms with Crippen LogP contribution in [0.15, 0.2) is 194 Å². The van der Waals surface area contributed by atoms with Gasteiger partial charge in [0, 0.05) is 32.9 Å². The molecule has 0 saturated carbocycles. The third-order valence-corrected chi connectivity index (χ3v) is 10.1. The molecular formula is C48H32N2. The number of hydrogen-bond donors (Lipinski definition) is 0. The first-order chi connectivity index (χ1) is 24.8. The molecule has 0 aliphatic carbocycles. The van der Waals surface area contributed by atoms with Gasteiger partial charge in [-0.1, -0.05) is 140 Å². The van der Waals surface area contributed by atoms with Crippen LogP contribution in [0.4, 0.5) is 17.1 Å². The molecule has 2 heteroatoms. The number of benzene rings is 9. The largest absolute Gasteiger partial charge is 0.310 e. The molecule has 0 radical (unpaired) electrons. The lowest BCUT2D eigenvalue weighted by molar-refractivity contribution is 1.19. The number of para-hydroxylation sites is 2. The molecule has 2 nitrogen and oxygen atoms in total. The molecule has 1 aromatic heterocycles. The van der Waals surface area contributed by atoms with E-state index in [0.717, 1.165) is 17.1 Å². The Morgan fingerprint density at radius 2 is 0.940 bits per heavy atom. The molecule has 0 fully saturated rings. The van der Waals surface area contributed by atoms with Gasteiger partial charge in [0.25, 0.3) is 0 Å². The molecule has 0 aliphatic rings. The number of hydrogen-bond acceptors (Lipinski definition) is 1. The van der Waals surface area contributed by atoms with Gasteiger partial charge in [0.05, 0.1) is 22.4 Å². The SMILES string of the molecule is c1ccc(N(c2ccc(-c3ccc4ccccc4c3)cc2)c2ccc(-n3c4ccccc4c4c5ccccc5ccc43)c3ccccc23)cc1. The van der Waals surface area contributed by atoms with Gasteiger partial charge in [-0.05, 0) is 87.3 Å². The number of rotatable bonds is 5. The van der Waals surface area contributed by atoms with Crippen molar-refractivity contribution in [3.05, 3.63) is 194 Å². The van der Waals surface area contributed by atoms with E-state index in [9.17, 15) is 0 Å². The second-order valence-corrected chi connectivity index (χ2v) is 13.0. The fraction of sp³-hybridized carbons (Fsp3) is 0. The van der Waals surface area contributed by atoms with Gasteiger partial charge >= 0.3 is 0 Å². The Labute approximate surface area is 290 Å². The molecule has 234 valence electrons. The molecule has 0 bridgehead atoms. The first-order valence-electron chi connectivity index (χ1n) is 17.2. The van der Waals surface area contributed by atoms with E-state index in [1.807, 2.05) is 0 Å². The van der Waals surface area contributed by atoms with Crippen LogP contribution in [0.3, 0.4) is 0 Å². The van der Waals surface area contributed by atoms with Gasteiger partial charge < -0.3 is 9.47 Å². The van der Waals surface area contributed by atoms with Crippen LogP contribution < -0.4 is 4.90 Å². The topological polar surface area (TPSA) is 8.17 Å². The van der Waals surface area contributed by atoms with Gasteiger partial charge in [0.2, 0.25) is 0 Å². The molecule has 0 atom stereocenters. The van der Waals surface area contributed by atoms with Crippen molar-refractivity contribution in [2.24, 2.45) is 0 Å². The summed E-state index contributed by atoms with van der Waals surface area (Å²) in [6.45, 7) is 0. The van der Waals surface area contributed by atoms with E-state index in [4.69, 9.17) is 0 Å². The van der Waals surface area contributed by atoms with Crippen LogP contribution in [0.25, 0.3) is 70.9 Å². The maximum absolute atomic E-state index is 2.45. The highest BCUT2D eigenvalue weighted by Gasteiger charge is 2.20. The number of fused-ring (bicyclic) bond motifs is 7. The minimum atomic E-state index is 1.11. The summed E-state index contributed by atoms with van der Waals surface area (Å²) >= 11 is 0. The zero-order valence-electron chi connectivity index (χ0n) is 27.4. The maximum Gasteiger partial charge on any atom is 0.0547 e. The lowest BCUT2D eigenvalue weighted by Gasteiger charge is -2.28. The van der Waals surface area contributed by atoms with Gasteiger partial charge in [-0.2, -0.15) is 0 Å². The molecule has 0 amide bonds. The summed E-state index contributed by atoms with van der Waals surface area (Å²) in [5, 5.41) is 10.0. The molecular weight excluding hydrogens is 605 g/mol. The Kier molecular flexibility index (Phi) is 6.53. The van der Waals surface area contributed by atoms with Crippen LogP contribution in [-0.2, 0) is 0 Å². The molecule has 1 heterocycles. The van der Waals surface area contributed by atoms with Crippen LogP contribution >= 0.6 is 0 Å². The van der Waals surface area contributed by atoms with Crippen molar-refractivity contribution in [2.45, 2.75) is 0 Å². The zero-order chi connectivity index (χ0) is 33.0. The molecule has 0 saturated heterocycles. The summed E-state index contributed by atoms with van der Waals surface area (Å²) in [5.74, 6) is 0. The summed E-state index contributed by atoms with van der Waals surface area (Å²) in [4.78, 5) is 2.38. The van der Waals surface area contributed by atoms with Gasteiger partial charge in [-0.15, -0.1) is 0 Å². The van der Waals surface area contributed by atoms with Crippen LogP contribution in [0.2, 0.25) is 0 Å². The Balaban J connectivity index is 1.16. The third kappa shape index (κ3) is 4.50. The van der Waals surface area contributed by atoms with Crippen molar-refractivity contribution >= 4 is 71.2 Å². The van der Waals surface area contributed by atoms with E-state index in [1.54, 1.807) is 0 Å². The van der Waals surface area contributed by atoms with E-state index >= 15 is 0 Å². The van der Waals surface area contributed by atoms with Gasteiger partial charge in [0.15, 0.2) is 0 Å². The van der Waals surface area contributed by atoms with Gasteiger partial charge in [-0.25, -0.2) is 0 Å². The van der Waals surface area contributed by atoms with Gasteiger partial charge in [0.1, 0.15) is 0 Å². The van der Waals surface area contributed by atoms with Crippen molar-refractivity contribution in [1.82, 2.24) is 4.57 Å². The summed E-state index contributed by atoms with van der Waals surface area (Å²) in [6.07, 6.45) is 0. The van der Waals surface area contributed by atoms with E-state index in [0.29, 0.717) is 0 Å². The Morgan fingerprint density at radius 1 is 0.340 bits per heavy atom. The van der Waals surface area contributed by atoms with Crippen LogP contribution in [0.1, 0.15) is 0 Å². The van der Waals surface area contributed by atoms with Crippen molar-refractivity contribution in [2.75, 3.05) is 4.90 Å². The monoisotopic (exact) mass is 636 g/mol. The summed E-state index contributed by atoms with van der Waals surface area (Å²) in [5.41, 5.74) is 9.38. The third-order valence-electron chi connectivity index (χ3n) is 10.1.